The number of nitrogens with one attached hydrogen (secondary N) is 1. The summed E-state index contributed by atoms with van der Waals surface area (Å²) in [5.74, 6) is 6.15. The molecule has 0 spiro atoms. The molecule has 1 heterocycles. The molecule has 0 saturated heterocycles. The molecule has 1 aromatic heterocycles. The molecule has 1 aliphatic carbocycles. The molecule has 152 valence electrons. The second-order valence-electron chi connectivity index (χ2n) is 5.99. The summed E-state index contributed by atoms with van der Waals surface area (Å²) in [7, 11) is 0. The highest BCUT2D eigenvalue weighted by Crippen LogP contribution is 2.13. The number of alkyl carbamates (subject to hydrolysis) is 1. The van der Waals surface area contributed by atoms with Crippen molar-refractivity contribution < 1.29 is 15.8 Å². The third kappa shape index (κ3) is 9.48. The highest BCUT2D eigenvalue weighted by Gasteiger charge is 2.15. The Balaban J connectivity index is 0.00000235. The topological polar surface area (TPSA) is 58.6 Å². The van der Waals surface area contributed by atoms with E-state index in [2.05, 4.69) is 17.2 Å². The zero-order valence-corrected chi connectivity index (χ0v) is 17.6. The molecule has 2 amide bonds. The fourth-order valence-electron chi connectivity index (χ4n) is 2.64. The molecule has 0 bridgehead atoms. The van der Waals surface area contributed by atoms with Crippen molar-refractivity contribution in [3.63, 3.8) is 0 Å². The van der Waals surface area contributed by atoms with E-state index in [1.54, 1.807) is 16.2 Å². The van der Waals surface area contributed by atoms with E-state index in [-0.39, 0.29) is 13.4 Å². The minimum Gasteiger partial charge on any atom is -0.433 e. The third-order valence-corrected chi connectivity index (χ3v) is 4.87. The van der Waals surface area contributed by atoms with E-state index in [0.717, 1.165) is 37.0 Å². The lowest BCUT2D eigenvalue weighted by molar-refractivity contribution is -0.131. The Morgan fingerprint density at radius 1 is 1.37 bits per heavy atom. The summed E-state index contributed by atoms with van der Waals surface area (Å²) < 4.78 is 5.38. The molecule has 1 aromatic rings. The normalized spacial score (nSPS) is 15.7. The largest absolute Gasteiger partial charge is 0.433 e. The highest BCUT2D eigenvalue weighted by atomic mass is 32.1. The standard InChI is InChI=1S/C19H26N2O3S.C2H6.H2/c1-2-18(22)21(15-17-11-8-14-25-17)13-12-20-19(23)24-16-9-6-4-3-5-7-10-16;1-2;/h8,11,14,16H,2-6,9,12-13,15H2,1H3,(H,20,23);1-2H3;1H. The number of thiophene rings is 1. The first kappa shape index (κ1) is 23.0. The van der Waals surface area contributed by atoms with E-state index in [4.69, 9.17) is 4.74 Å². The average Bonchev–Trinajstić information content (AvgIpc) is 3.17. The molecule has 0 aromatic carbocycles. The van der Waals surface area contributed by atoms with Crippen LogP contribution < -0.4 is 5.32 Å². The Kier molecular flexibility index (Phi) is 12.0. The second kappa shape index (κ2) is 14.1. The number of ether oxygens (including phenoxy) is 1. The van der Waals surface area contributed by atoms with E-state index < -0.39 is 6.09 Å². The van der Waals surface area contributed by atoms with Crippen LogP contribution in [0.2, 0.25) is 0 Å². The molecule has 0 radical (unpaired) electrons. The predicted molar refractivity (Wildman–Crippen MR) is 113 cm³/mol. The Morgan fingerprint density at radius 2 is 2.19 bits per heavy atom. The van der Waals surface area contributed by atoms with Gasteiger partial charge in [-0.2, -0.15) is 0 Å². The van der Waals surface area contributed by atoms with Crippen LogP contribution in [0.1, 0.15) is 65.6 Å². The quantitative estimate of drug-likeness (QED) is 0.675. The molecule has 1 unspecified atom stereocenters. The summed E-state index contributed by atoms with van der Waals surface area (Å²) >= 11 is 1.62. The molecule has 1 N–H and O–H groups in total. The fourth-order valence-corrected chi connectivity index (χ4v) is 3.36. The molecule has 6 heteroatoms. The van der Waals surface area contributed by atoms with Crippen molar-refractivity contribution in [2.75, 3.05) is 13.1 Å². The Bertz CT molecular complexity index is 611. The van der Waals surface area contributed by atoms with Crippen LogP contribution in [0.15, 0.2) is 17.5 Å². The Morgan fingerprint density at radius 3 is 2.89 bits per heavy atom. The van der Waals surface area contributed by atoms with Crippen molar-refractivity contribution in [2.24, 2.45) is 0 Å². The maximum absolute atomic E-state index is 12.1. The van der Waals surface area contributed by atoms with E-state index in [0.29, 0.717) is 26.1 Å². The summed E-state index contributed by atoms with van der Waals surface area (Å²) in [4.78, 5) is 26.9. The van der Waals surface area contributed by atoms with Crippen molar-refractivity contribution >= 4 is 23.3 Å². The molecule has 2 rings (SSSR count). The van der Waals surface area contributed by atoms with Gasteiger partial charge >= 0.3 is 6.09 Å². The van der Waals surface area contributed by atoms with Crippen molar-refractivity contribution in [2.45, 2.75) is 71.9 Å². The molecule has 5 nitrogen and oxygen atoms in total. The highest BCUT2D eigenvalue weighted by molar-refractivity contribution is 7.09. The molecular weight excluding hydrogens is 360 g/mol. The van der Waals surface area contributed by atoms with Crippen molar-refractivity contribution in [1.29, 1.82) is 0 Å². The maximum Gasteiger partial charge on any atom is 0.408 e. The third-order valence-electron chi connectivity index (χ3n) is 4.01. The van der Waals surface area contributed by atoms with Crippen LogP contribution in [0, 0.1) is 11.8 Å². The van der Waals surface area contributed by atoms with Crippen LogP contribution in [0.3, 0.4) is 0 Å². The predicted octanol–water partition coefficient (Wildman–Crippen LogP) is 4.82. The van der Waals surface area contributed by atoms with Crippen molar-refractivity contribution in [1.82, 2.24) is 10.2 Å². The summed E-state index contributed by atoms with van der Waals surface area (Å²) in [5.41, 5.74) is 0. The van der Waals surface area contributed by atoms with Gasteiger partial charge in [-0.05, 0) is 30.7 Å². The van der Waals surface area contributed by atoms with Crippen LogP contribution >= 0.6 is 11.3 Å². The van der Waals surface area contributed by atoms with Gasteiger partial charge in [0.2, 0.25) is 5.91 Å². The van der Waals surface area contributed by atoms with E-state index in [9.17, 15) is 9.59 Å². The fraction of sp³-hybridized carbons (Fsp3) is 0.619. The van der Waals surface area contributed by atoms with Gasteiger partial charge in [0.1, 0.15) is 0 Å². The molecule has 27 heavy (non-hydrogen) atoms. The number of hydrogen-bond acceptors (Lipinski definition) is 4. The summed E-state index contributed by atoms with van der Waals surface area (Å²) in [6, 6.07) is 3.98. The molecule has 1 aliphatic rings. The number of nitrogens with zero attached hydrogens (tertiary/aromatic N) is 1. The lowest BCUT2D eigenvalue weighted by Gasteiger charge is -2.22. The molecular formula is C21H34N2O3S. The Hall–Kier alpha value is -2.00. The van der Waals surface area contributed by atoms with Gasteiger partial charge in [0.25, 0.3) is 0 Å². The van der Waals surface area contributed by atoms with Crippen LogP contribution in [0.4, 0.5) is 4.79 Å². The van der Waals surface area contributed by atoms with Crippen LogP contribution in [-0.2, 0) is 16.1 Å². The second-order valence-corrected chi connectivity index (χ2v) is 7.02. The average molecular weight is 395 g/mol. The number of carbonyl (C=O) groups excluding carboxylic acids is 2. The zero-order chi connectivity index (χ0) is 19.9. The number of rotatable bonds is 7. The SMILES string of the molecule is CC.CCC(=O)N(CCNC(=O)OC1C#CCCCCC1)Cc1cccs1.[HH]. The van der Waals surface area contributed by atoms with Crippen LogP contribution in [0.5, 0.6) is 0 Å². The van der Waals surface area contributed by atoms with Crippen LogP contribution in [-0.4, -0.2) is 36.1 Å². The number of hydrogen-bond donors (Lipinski definition) is 1. The van der Waals surface area contributed by atoms with Gasteiger partial charge in [-0.25, -0.2) is 4.79 Å². The van der Waals surface area contributed by atoms with Crippen LogP contribution in [0.25, 0.3) is 0 Å². The monoisotopic (exact) mass is 394 g/mol. The lowest BCUT2D eigenvalue weighted by Crippen LogP contribution is -2.38. The summed E-state index contributed by atoms with van der Waals surface area (Å²) in [5, 5.41) is 4.73. The van der Waals surface area contributed by atoms with Gasteiger partial charge in [0.15, 0.2) is 6.10 Å². The molecule has 1 atom stereocenters. The first-order valence-electron chi connectivity index (χ1n) is 9.92. The van der Waals surface area contributed by atoms with Gasteiger partial charge in [-0.15, -0.1) is 11.3 Å². The summed E-state index contributed by atoms with van der Waals surface area (Å²) in [6.07, 6.45) is 4.63. The lowest BCUT2D eigenvalue weighted by atomic mass is 10.1. The minimum absolute atomic E-state index is 0. The maximum atomic E-state index is 12.1. The first-order chi connectivity index (χ1) is 13.2. The number of carbonyl (C=O) groups is 2. The number of amides is 2. The molecule has 0 aliphatic heterocycles. The zero-order valence-electron chi connectivity index (χ0n) is 16.8. The smallest absolute Gasteiger partial charge is 0.408 e. The first-order valence-corrected chi connectivity index (χ1v) is 10.8. The van der Waals surface area contributed by atoms with Crippen molar-refractivity contribution in [3.8, 4) is 11.8 Å². The minimum atomic E-state index is -0.458. The summed E-state index contributed by atoms with van der Waals surface area (Å²) in [6.45, 7) is 7.26. The molecule has 0 fully saturated rings. The van der Waals surface area contributed by atoms with Gasteiger partial charge in [0.05, 0.1) is 6.54 Å². The van der Waals surface area contributed by atoms with Gasteiger partial charge in [-0.3, -0.25) is 4.79 Å². The van der Waals surface area contributed by atoms with Gasteiger partial charge in [-0.1, -0.05) is 45.1 Å². The molecule has 0 saturated carbocycles. The van der Waals surface area contributed by atoms with Gasteiger partial charge < -0.3 is 15.0 Å². The van der Waals surface area contributed by atoms with E-state index >= 15 is 0 Å². The van der Waals surface area contributed by atoms with Crippen molar-refractivity contribution in [3.05, 3.63) is 22.4 Å². The van der Waals surface area contributed by atoms with E-state index in [1.807, 2.05) is 38.3 Å². The van der Waals surface area contributed by atoms with E-state index in [1.165, 1.54) is 0 Å². The van der Waals surface area contributed by atoms with Gasteiger partial charge in [0, 0.05) is 32.2 Å². The Labute approximate surface area is 169 Å².